The molecule has 2 aromatic rings. The van der Waals surface area contributed by atoms with Crippen LogP contribution in [0.4, 0.5) is 27.6 Å². The predicted molar refractivity (Wildman–Crippen MR) is 66.5 cm³/mol. The first-order valence-electron chi connectivity index (χ1n) is 5.82. The first-order valence-corrected chi connectivity index (χ1v) is 8.82. The van der Waals surface area contributed by atoms with Crippen LogP contribution in [0.3, 0.4) is 0 Å². The van der Waals surface area contributed by atoms with Gasteiger partial charge in [0.2, 0.25) is 0 Å². The second-order valence-electron chi connectivity index (χ2n) is 3.98. The summed E-state index contributed by atoms with van der Waals surface area (Å²) in [5.41, 5.74) is -0.463. The van der Waals surface area contributed by atoms with Crippen LogP contribution < -0.4 is 4.74 Å². The van der Waals surface area contributed by atoms with Crippen LogP contribution in [0.15, 0.2) is 27.8 Å². The topological polar surface area (TPSA) is 21.6 Å². The van der Waals surface area contributed by atoms with Crippen molar-refractivity contribution in [2.45, 2.75) is 0 Å². The second-order valence-corrected chi connectivity index (χ2v) is 6.24. The molecule has 2 aromatic carbocycles. The molecule has 0 spiro atoms. The minimum atomic E-state index is -2.19. The van der Waals surface area contributed by atoms with E-state index in [-0.39, 0.29) is 0 Å². The average Bonchev–Trinajstić information content (AvgIpc) is 2.54. The zero-order valence-corrected chi connectivity index (χ0v) is 14.0. The maximum atomic E-state index is 13.4. The Hall–Kier alpha value is -1.75. The van der Waals surface area contributed by atoms with Gasteiger partial charge in [-0.3, -0.25) is 0 Å². The number of hydrogen-bond donors (Lipinski definition) is 0. The molecule has 0 saturated carbocycles. The third kappa shape index (κ3) is 3.19. The van der Waals surface area contributed by atoms with Gasteiger partial charge in [-0.2, -0.15) is 0 Å². The molecule has 0 fully saturated rings. The molecule has 0 radical (unpaired) electrons. The molecule has 116 valence electrons. The fourth-order valence-electron chi connectivity index (χ4n) is 1.57. The molecule has 0 heterocycles. The summed E-state index contributed by atoms with van der Waals surface area (Å²) in [7, 11) is 1.46. The van der Waals surface area contributed by atoms with E-state index in [0.717, 1.165) is 0 Å². The van der Waals surface area contributed by atoms with Crippen molar-refractivity contribution in [2.75, 3.05) is 7.11 Å². The molecule has 2 rings (SSSR count). The third-order valence-corrected chi connectivity index (χ3v) is 4.97. The van der Waals surface area contributed by atoms with Gasteiger partial charge < -0.3 is 0 Å². The van der Waals surface area contributed by atoms with Gasteiger partial charge >= 0.3 is 130 Å². The molecular weight excluding hydrogens is 477 g/mol. The number of nitrogens with zero attached hydrogens (tertiary/aromatic N) is 1. The minimum absolute atomic E-state index is 0.537. The van der Waals surface area contributed by atoms with Gasteiger partial charge in [0.1, 0.15) is 0 Å². The number of benzene rings is 2. The molecule has 0 N–H and O–H groups in total. The van der Waals surface area contributed by atoms with Crippen LogP contribution in [0, 0.1) is 29.1 Å². The fourth-order valence-corrected chi connectivity index (χ4v) is 3.82. The molecule has 2 nitrogen and oxygen atoms in total. The van der Waals surface area contributed by atoms with E-state index in [2.05, 4.69) is 3.50 Å². The standard InChI is InChI=1S/C8H8O.C6F5N.W/c1-7-5-3-4-6-8(7)9-2;7-1-2(8)4(10)6(12)5(11)3(1)9;/h1,3-6H,2H3;;. The second kappa shape index (κ2) is 7.01. The van der Waals surface area contributed by atoms with Crippen LogP contribution in [0.2, 0.25) is 0 Å². The van der Waals surface area contributed by atoms with Gasteiger partial charge in [-0.15, -0.1) is 0 Å². The van der Waals surface area contributed by atoms with E-state index in [1.807, 2.05) is 0 Å². The summed E-state index contributed by atoms with van der Waals surface area (Å²) in [5, 5.41) is 0. The number of methoxy groups -OCH3 is 1. The fraction of sp³-hybridized carbons (Fsp3) is 0.0714. The van der Waals surface area contributed by atoms with Crippen molar-refractivity contribution < 1.29 is 44.6 Å². The Bertz CT molecular complexity index is 758. The summed E-state index contributed by atoms with van der Waals surface area (Å²) in [5.74, 6) is -9.46. The molecule has 0 aliphatic rings. The van der Waals surface area contributed by atoms with Crippen molar-refractivity contribution in [2.24, 2.45) is 3.50 Å². The van der Waals surface area contributed by atoms with Gasteiger partial charge in [0, 0.05) is 0 Å². The number of rotatable bonds is 3. The summed E-state index contributed by atoms with van der Waals surface area (Å²) < 4.78 is 76.2. The van der Waals surface area contributed by atoms with E-state index in [1.54, 1.807) is 28.7 Å². The van der Waals surface area contributed by atoms with Crippen molar-refractivity contribution in [1.29, 1.82) is 0 Å². The molecule has 0 bridgehead atoms. The van der Waals surface area contributed by atoms with Crippen molar-refractivity contribution in [3.05, 3.63) is 58.9 Å². The van der Waals surface area contributed by atoms with Crippen LogP contribution in [0.5, 0.6) is 5.75 Å². The van der Waals surface area contributed by atoms with E-state index in [1.165, 1.54) is 7.11 Å². The number of para-hydroxylation sites is 1. The van der Waals surface area contributed by atoms with Gasteiger partial charge in [-0.25, -0.2) is 0 Å². The average molecular weight is 485 g/mol. The van der Waals surface area contributed by atoms with E-state index in [0.29, 0.717) is 11.3 Å². The summed E-state index contributed by atoms with van der Waals surface area (Å²) in [6.45, 7) is 0. The zero-order chi connectivity index (χ0) is 16.3. The van der Waals surface area contributed by atoms with Crippen LogP contribution in [-0.4, -0.2) is 11.5 Å². The Morgan fingerprint density at radius 3 is 2.05 bits per heavy atom. The first-order chi connectivity index (χ1) is 10.5. The van der Waals surface area contributed by atoms with E-state index in [4.69, 9.17) is 4.74 Å². The molecule has 0 aliphatic heterocycles. The van der Waals surface area contributed by atoms with Gasteiger partial charge in [0.15, 0.2) is 0 Å². The maximum absolute atomic E-state index is 13.4. The molecule has 22 heavy (non-hydrogen) atoms. The summed E-state index contributed by atoms with van der Waals surface area (Å²) in [6.07, 6.45) is 0. The van der Waals surface area contributed by atoms with Crippen LogP contribution in [0.25, 0.3) is 0 Å². The number of halogens is 5. The van der Waals surface area contributed by atoms with Gasteiger partial charge in [-0.05, 0) is 0 Å². The van der Waals surface area contributed by atoms with Gasteiger partial charge in [-0.1, -0.05) is 0 Å². The van der Waals surface area contributed by atoms with Crippen LogP contribution in [-0.2, 0) is 17.9 Å². The monoisotopic (exact) mass is 485 g/mol. The Balaban J connectivity index is 2.49. The van der Waals surface area contributed by atoms with Crippen molar-refractivity contribution in [3.63, 3.8) is 0 Å². The van der Waals surface area contributed by atoms with Crippen molar-refractivity contribution in [3.8, 4) is 5.75 Å². The normalized spacial score (nSPS) is 10.3. The molecule has 0 atom stereocenters. The summed E-state index contributed by atoms with van der Waals surface area (Å²) in [4.78, 5) is 0. The summed E-state index contributed by atoms with van der Waals surface area (Å²) in [6, 6.07) is 6.85. The molecule has 0 aliphatic carbocycles. The van der Waals surface area contributed by atoms with Gasteiger partial charge in [0.25, 0.3) is 0 Å². The number of hydrogen-bond acceptors (Lipinski definition) is 2. The Labute approximate surface area is 130 Å². The predicted octanol–water partition coefficient (Wildman–Crippen LogP) is 4.14. The van der Waals surface area contributed by atoms with E-state index < -0.39 is 52.7 Å². The first kappa shape index (κ1) is 16.6. The van der Waals surface area contributed by atoms with Crippen LogP contribution >= 0.6 is 0 Å². The summed E-state index contributed by atoms with van der Waals surface area (Å²) >= 11 is -1.89. The van der Waals surface area contributed by atoms with E-state index in [9.17, 15) is 22.0 Å². The molecule has 0 amide bonds. The SMILES string of the molecule is COc1ccccc1[CH]=[W]=[N]c1c(F)c(F)c(F)c(F)c1F. The zero-order valence-electron chi connectivity index (χ0n) is 11.0. The van der Waals surface area contributed by atoms with Crippen molar-refractivity contribution in [1.82, 2.24) is 0 Å². The van der Waals surface area contributed by atoms with E-state index >= 15 is 0 Å². The Morgan fingerprint density at radius 1 is 0.909 bits per heavy atom. The quantitative estimate of drug-likeness (QED) is 0.364. The Morgan fingerprint density at radius 2 is 1.45 bits per heavy atom. The molecule has 0 aromatic heterocycles. The molecule has 8 heteroatoms. The molecule has 0 unspecified atom stereocenters. The van der Waals surface area contributed by atoms with Gasteiger partial charge in [0.05, 0.1) is 0 Å². The molecular formula is C14H8F5NOW. The Kier molecular flexibility index (Phi) is 5.29. The number of ether oxygens (including phenoxy) is 1. The van der Waals surface area contributed by atoms with Crippen molar-refractivity contribution >= 4 is 10.1 Å². The third-order valence-electron chi connectivity index (χ3n) is 2.65. The van der Waals surface area contributed by atoms with Crippen LogP contribution in [0.1, 0.15) is 5.56 Å². The molecule has 0 saturated heterocycles.